The van der Waals surface area contributed by atoms with Gasteiger partial charge < -0.3 is 15.2 Å². The number of hydrogen-bond acceptors (Lipinski definition) is 4. The zero-order valence-electron chi connectivity index (χ0n) is 16.4. The summed E-state index contributed by atoms with van der Waals surface area (Å²) in [6.45, 7) is 8.55. The largest absolute Gasteiger partial charge is 0.491 e. The third-order valence-electron chi connectivity index (χ3n) is 5.18. The van der Waals surface area contributed by atoms with Crippen LogP contribution < -0.4 is 10.1 Å². The molecule has 1 aliphatic rings. The molecule has 0 radical (unpaired) electrons. The molecular formula is C21H34N2O3. The van der Waals surface area contributed by atoms with Crippen molar-refractivity contribution in [3.05, 3.63) is 29.8 Å². The van der Waals surface area contributed by atoms with Crippen molar-refractivity contribution in [2.45, 2.75) is 58.6 Å². The second-order valence-electron chi connectivity index (χ2n) is 7.45. The number of aliphatic hydroxyl groups excluding tert-OH is 1. The standard InChI is InChI=1S/C21H34N2O3/c1-4-5-12-22-21(25)18-11-10-17(3)23(13-18)14-19(24)15-26-20-9-7-6-8-16(20)2/h6-9,17-19,24H,4-5,10-15H2,1-3H3,(H,22,25). The van der Waals surface area contributed by atoms with Gasteiger partial charge in [0.2, 0.25) is 5.91 Å². The van der Waals surface area contributed by atoms with Crippen LogP contribution in [0.2, 0.25) is 0 Å². The minimum Gasteiger partial charge on any atom is -0.491 e. The lowest BCUT2D eigenvalue weighted by atomic mass is 9.92. The topological polar surface area (TPSA) is 61.8 Å². The van der Waals surface area contributed by atoms with Crippen LogP contribution in [0.3, 0.4) is 0 Å². The average molecular weight is 363 g/mol. The molecule has 3 unspecified atom stereocenters. The number of amides is 1. The molecule has 1 fully saturated rings. The van der Waals surface area contributed by atoms with Crippen molar-refractivity contribution < 1.29 is 14.6 Å². The molecule has 1 saturated heterocycles. The number of nitrogens with one attached hydrogen (secondary N) is 1. The summed E-state index contributed by atoms with van der Waals surface area (Å²) < 4.78 is 5.76. The van der Waals surface area contributed by atoms with E-state index in [0.29, 0.717) is 19.1 Å². The first-order valence-electron chi connectivity index (χ1n) is 9.89. The van der Waals surface area contributed by atoms with E-state index in [4.69, 9.17) is 4.74 Å². The highest BCUT2D eigenvalue weighted by atomic mass is 16.5. The predicted octanol–water partition coefficient (Wildman–Crippen LogP) is 2.75. The number of unbranched alkanes of at least 4 members (excludes halogenated alkanes) is 1. The third-order valence-corrected chi connectivity index (χ3v) is 5.18. The summed E-state index contributed by atoms with van der Waals surface area (Å²) in [7, 11) is 0. The van der Waals surface area contributed by atoms with Crippen molar-refractivity contribution in [1.82, 2.24) is 10.2 Å². The molecule has 0 spiro atoms. The molecule has 0 aliphatic carbocycles. The van der Waals surface area contributed by atoms with Crippen LogP contribution in [-0.2, 0) is 4.79 Å². The lowest BCUT2D eigenvalue weighted by Crippen LogP contribution is -2.50. The van der Waals surface area contributed by atoms with Crippen molar-refractivity contribution in [2.24, 2.45) is 5.92 Å². The van der Waals surface area contributed by atoms with E-state index >= 15 is 0 Å². The Morgan fingerprint density at radius 1 is 1.38 bits per heavy atom. The summed E-state index contributed by atoms with van der Waals surface area (Å²) in [6, 6.07) is 8.20. The Morgan fingerprint density at radius 2 is 2.15 bits per heavy atom. The Hall–Kier alpha value is -1.59. The van der Waals surface area contributed by atoms with Crippen molar-refractivity contribution in [3.8, 4) is 5.75 Å². The van der Waals surface area contributed by atoms with Crippen LogP contribution >= 0.6 is 0 Å². The van der Waals surface area contributed by atoms with Crippen LogP contribution in [0.4, 0.5) is 0 Å². The van der Waals surface area contributed by atoms with E-state index in [-0.39, 0.29) is 18.4 Å². The number of nitrogens with zero attached hydrogens (tertiary/aromatic N) is 1. The van der Waals surface area contributed by atoms with E-state index in [1.54, 1.807) is 0 Å². The maximum atomic E-state index is 12.3. The van der Waals surface area contributed by atoms with Gasteiger partial charge in [-0.1, -0.05) is 31.5 Å². The number of carbonyl (C=O) groups excluding carboxylic acids is 1. The Bertz CT molecular complexity index is 564. The highest BCUT2D eigenvalue weighted by Gasteiger charge is 2.30. The lowest BCUT2D eigenvalue weighted by molar-refractivity contribution is -0.127. The second-order valence-corrected chi connectivity index (χ2v) is 7.45. The van der Waals surface area contributed by atoms with Crippen molar-refractivity contribution >= 4 is 5.91 Å². The number of benzene rings is 1. The highest BCUT2D eigenvalue weighted by molar-refractivity contribution is 5.78. The van der Waals surface area contributed by atoms with Gasteiger partial charge in [0, 0.05) is 25.7 Å². The Labute approximate surface area is 157 Å². The van der Waals surface area contributed by atoms with Crippen LogP contribution in [-0.4, -0.2) is 54.3 Å². The SMILES string of the molecule is CCCCNC(=O)C1CCC(C)N(CC(O)COc2ccccc2C)C1. The Kier molecular flexibility index (Phi) is 8.39. The van der Waals surface area contributed by atoms with Crippen LogP contribution in [0.25, 0.3) is 0 Å². The van der Waals surface area contributed by atoms with Gasteiger partial charge in [-0.15, -0.1) is 0 Å². The summed E-state index contributed by atoms with van der Waals surface area (Å²) in [6.07, 6.45) is 3.44. The Balaban J connectivity index is 1.80. The number of likely N-dealkylation sites (tertiary alicyclic amines) is 1. The number of rotatable bonds is 9. The van der Waals surface area contributed by atoms with Gasteiger partial charge in [0.15, 0.2) is 0 Å². The van der Waals surface area contributed by atoms with E-state index in [1.807, 2.05) is 31.2 Å². The summed E-state index contributed by atoms with van der Waals surface area (Å²) in [5, 5.41) is 13.4. The quantitative estimate of drug-likeness (QED) is 0.663. The highest BCUT2D eigenvalue weighted by Crippen LogP contribution is 2.23. The molecule has 1 aliphatic heterocycles. The monoisotopic (exact) mass is 362 g/mol. The number of ether oxygens (including phenoxy) is 1. The van der Waals surface area contributed by atoms with Gasteiger partial charge in [0.1, 0.15) is 18.5 Å². The fourth-order valence-electron chi connectivity index (χ4n) is 3.41. The smallest absolute Gasteiger partial charge is 0.224 e. The van der Waals surface area contributed by atoms with Gasteiger partial charge in [-0.2, -0.15) is 0 Å². The number of β-amino-alcohol motifs (C(OH)–C–C–N with tert-alkyl or cyclic N) is 1. The molecule has 0 bridgehead atoms. The summed E-state index contributed by atoms with van der Waals surface area (Å²) in [5.41, 5.74) is 1.06. The first-order valence-corrected chi connectivity index (χ1v) is 9.89. The summed E-state index contributed by atoms with van der Waals surface area (Å²) >= 11 is 0. The average Bonchev–Trinajstić information content (AvgIpc) is 2.63. The number of para-hydroxylation sites is 1. The van der Waals surface area contributed by atoms with Crippen molar-refractivity contribution in [1.29, 1.82) is 0 Å². The van der Waals surface area contributed by atoms with Gasteiger partial charge in [-0.05, 0) is 44.7 Å². The molecule has 1 aromatic rings. The number of aliphatic hydroxyl groups is 1. The fraction of sp³-hybridized carbons (Fsp3) is 0.667. The van der Waals surface area contributed by atoms with Gasteiger partial charge in [0.25, 0.3) is 0 Å². The minimum atomic E-state index is -0.570. The van der Waals surface area contributed by atoms with Gasteiger partial charge in [-0.25, -0.2) is 0 Å². The molecule has 0 aromatic heterocycles. The number of piperidine rings is 1. The minimum absolute atomic E-state index is 0.0209. The molecule has 2 N–H and O–H groups in total. The van der Waals surface area contributed by atoms with E-state index in [1.165, 1.54) is 0 Å². The summed E-state index contributed by atoms with van der Waals surface area (Å²) in [5.74, 6) is 0.986. The van der Waals surface area contributed by atoms with Crippen molar-refractivity contribution in [3.63, 3.8) is 0 Å². The third kappa shape index (κ3) is 6.29. The Morgan fingerprint density at radius 3 is 2.88 bits per heavy atom. The molecule has 1 aromatic carbocycles. The van der Waals surface area contributed by atoms with E-state index in [0.717, 1.165) is 43.5 Å². The predicted molar refractivity (Wildman–Crippen MR) is 104 cm³/mol. The number of hydrogen-bond donors (Lipinski definition) is 2. The number of carbonyl (C=O) groups is 1. The van der Waals surface area contributed by atoms with E-state index < -0.39 is 6.10 Å². The van der Waals surface area contributed by atoms with Crippen LogP contribution in [0, 0.1) is 12.8 Å². The van der Waals surface area contributed by atoms with Crippen molar-refractivity contribution in [2.75, 3.05) is 26.2 Å². The molecule has 26 heavy (non-hydrogen) atoms. The number of aryl methyl sites for hydroxylation is 1. The van der Waals surface area contributed by atoms with Crippen LogP contribution in [0.5, 0.6) is 5.75 Å². The molecule has 3 atom stereocenters. The molecule has 5 nitrogen and oxygen atoms in total. The molecule has 146 valence electrons. The normalized spacial score (nSPS) is 22.0. The van der Waals surface area contributed by atoms with E-state index in [2.05, 4.69) is 24.1 Å². The molecule has 0 saturated carbocycles. The molecule has 1 amide bonds. The maximum Gasteiger partial charge on any atom is 0.224 e. The molecule has 1 heterocycles. The second kappa shape index (κ2) is 10.5. The lowest BCUT2D eigenvalue weighted by Gasteiger charge is -2.38. The molecule has 5 heteroatoms. The van der Waals surface area contributed by atoms with Crippen LogP contribution in [0.1, 0.15) is 45.1 Å². The van der Waals surface area contributed by atoms with Gasteiger partial charge in [0.05, 0.1) is 5.92 Å². The van der Waals surface area contributed by atoms with Gasteiger partial charge >= 0.3 is 0 Å². The molecular weight excluding hydrogens is 328 g/mol. The first kappa shape index (κ1) is 20.7. The van der Waals surface area contributed by atoms with E-state index in [9.17, 15) is 9.90 Å². The fourth-order valence-corrected chi connectivity index (χ4v) is 3.41. The first-order chi connectivity index (χ1) is 12.5. The molecule has 2 rings (SSSR count). The zero-order chi connectivity index (χ0) is 18.9. The summed E-state index contributed by atoms with van der Waals surface area (Å²) in [4.78, 5) is 14.6. The van der Waals surface area contributed by atoms with Crippen LogP contribution in [0.15, 0.2) is 24.3 Å². The maximum absolute atomic E-state index is 12.3. The zero-order valence-corrected chi connectivity index (χ0v) is 16.4. The van der Waals surface area contributed by atoms with Gasteiger partial charge in [-0.3, -0.25) is 9.69 Å².